The van der Waals surface area contributed by atoms with Crippen molar-refractivity contribution >= 4 is 5.91 Å². The zero-order chi connectivity index (χ0) is 16.2. The maximum Gasteiger partial charge on any atom is 0.219 e. The van der Waals surface area contributed by atoms with E-state index in [4.69, 9.17) is 9.84 Å². The van der Waals surface area contributed by atoms with Crippen LogP contribution < -0.4 is 4.74 Å². The molecule has 23 heavy (non-hydrogen) atoms. The van der Waals surface area contributed by atoms with E-state index in [0.29, 0.717) is 18.6 Å². The number of rotatable bonds is 5. The zero-order valence-corrected chi connectivity index (χ0v) is 13.8. The quantitative estimate of drug-likeness (QED) is 0.894. The Balaban J connectivity index is 1.62. The van der Waals surface area contributed by atoms with Gasteiger partial charge >= 0.3 is 0 Å². The van der Waals surface area contributed by atoms with Crippen molar-refractivity contribution in [3.8, 4) is 5.75 Å². The minimum atomic E-state index is 0.0330. The third kappa shape index (κ3) is 4.03. The minimum absolute atomic E-state index is 0.0330. The summed E-state index contributed by atoms with van der Waals surface area (Å²) in [5.74, 6) is 1.60. The molecule has 0 aromatic heterocycles. The second-order valence-corrected chi connectivity index (χ2v) is 6.67. The topological polar surface area (TPSA) is 53.0 Å². The highest BCUT2D eigenvalue weighted by atomic mass is 16.5. The molecule has 3 aliphatic heterocycles. The molecule has 0 spiro atoms. The molecule has 0 saturated carbocycles. The Hall–Kier alpha value is -1.59. The first-order valence-electron chi connectivity index (χ1n) is 8.48. The summed E-state index contributed by atoms with van der Waals surface area (Å²) in [6.45, 7) is 5.83. The average molecular weight is 318 g/mol. The van der Waals surface area contributed by atoms with Gasteiger partial charge in [-0.15, -0.1) is 0 Å². The molecule has 3 fully saturated rings. The molecule has 1 amide bonds. The minimum Gasteiger partial charge on any atom is -0.491 e. The van der Waals surface area contributed by atoms with Crippen LogP contribution >= 0.6 is 0 Å². The number of nitrogens with zero attached hydrogens (tertiary/aromatic N) is 2. The molecule has 5 heteroatoms. The number of hydrogen-bond acceptors (Lipinski definition) is 4. The molecular formula is C18H26N2O3. The lowest BCUT2D eigenvalue weighted by atomic mass is 9.94. The van der Waals surface area contributed by atoms with E-state index in [-0.39, 0.29) is 12.5 Å². The highest BCUT2D eigenvalue weighted by Gasteiger charge is 2.35. The molecule has 1 N–H and O–H groups in total. The number of hydrogen-bond donors (Lipinski definition) is 1. The normalized spacial score (nSPS) is 24.5. The molecule has 1 aromatic rings. The molecule has 3 heterocycles. The number of piperidine rings is 1. The van der Waals surface area contributed by atoms with Crippen molar-refractivity contribution in [3.63, 3.8) is 0 Å². The molecule has 3 aliphatic rings. The van der Waals surface area contributed by atoms with Gasteiger partial charge in [0, 0.05) is 39.1 Å². The van der Waals surface area contributed by atoms with Crippen molar-refractivity contribution in [2.75, 3.05) is 32.8 Å². The first-order chi connectivity index (χ1) is 11.2. The molecule has 0 unspecified atom stereocenters. The van der Waals surface area contributed by atoms with Gasteiger partial charge in [0.15, 0.2) is 0 Å². The van der Waals surface area contributed by atoms with E-state index in [9.17, 15) is 4.79 Å². The number of aliphatic hydroxyl groups is 1. The smallest absolute Gasteiger partial charge is 0.219 e. The monoisotopic (exact) mass is 318 g/mol. The van der Waals surface area contributed by atoms with Crippen molar-refractivity contribution in [3.05, 3.63) is 29.8 Å². The summed E-state index contributed by atoms with van der Waals surface area (Å²) in [6.07, 6.45) is 2.42. The van der Waals surface area contributed by atoms with E-state index in [2.05, 4.69) is 17.0 Å². The van der Waals surface area contributed by atoms with Crippen LogP contribution in [0.2, 0.25) is 0 Å². The first-order valence-corrected chi connectivity index (χ1v) is 8.48. The van der Waals surface area contributed by atoms with E-state index in [1.165, 1.54) is 18.4 Å². The Morgan fingerprint density at radius 2 is 2.00 bits per heavy atom. The lowest BCUT2D eigenvalue weighted by molar-refractivity contribution is -0.129. The Bertz CT molecular complexity index is 532. The summed E-state index contributed by atoms with van der Waals surface area (Å²) in [7, 11) is 0. The first kappa shape index (κ1) is 16.3. The van der Waals surface area contributed by atoms with Gasteiger partial charge in [0.1, 0.15) is 12.4 Å². The van der Waals surface area contributed by atoms with Crippen LogP contribution in [-0.4, -0.2) is 59.7 Å². The Kier molecular flexibility index (Phi) is 5.18. The molecule has 1 aromatic carbocycles. The lowest BCUT2D eigenvalue weighted by Crippen LogP contribution is -2.43. The van der Waals surface area contributed by atoms with Crippen LogP contribution in [0.3, 0.4) is 0 Å². The van der Waals surface area contributed by atoms with Crippen molar-refractivity contribution in [2.24, 2.45) is 5.92 Å². The van der Waals surface area contributed by atoms with Crippen molar-refractivity contribution in [2.45, 2.75) is 32.4 Å². The van der Waals surface area contributed by atoms with Crippen molar-refractivity contribution in [1.29, 1.82) is 0 Å². The molecule has 3 saturated heterocycles. The van der Waals surface area contributed by atoms with E-state index in [1.807, 2.05) is 17.0 Å². The van der Waals surface area contributed by atoms with Crippen LogP contribution in [0.15, 0.2) is 24.3 Å². The summed E-state index contributed by atoms with van der Waals surface area (Å²) >= 11 is 0. The van der Waals surface area contributed by atoms with Gasteiger partial charge in [-0.1, -0.05) is 12.1 Å². The second kappa shape index (κ2) is 7.32. The molecule has 0 radical (unpaired) electrons. The predicted octanol–water partition coefficient (Wildman–Crippen LogP) is 1.50. The molecule has 4 rings (SSSR count). The van der Waals surface area contributed by atoms with Gasteiger partial charge in [-0.3, -0.25) is 9.69 Å². The maximum atomic E-state index is 11.7. The van der Waals surface area contributed by atoms with Crippen LogP contribution in [0.5, 0.6) is 5.75 Å². The van der Waals surface area contributed by atoms with Gasteiger partial charge in [-0.05, 0) is 36.5 Å². The lowest BCUT2D eigenvalue weighted by Gasteiger charge is -2.36. The van der Waals surface area contributed by atoms with Gasteiger partial charge < -0.3 is 14.7 Å². The summed E-state index contributed by atoms with van der Waals surface area (Å²) in [5.41, 5.74) is 1.27. The summed E-state index contributed by atoms with van der Waals surface area (Å²) in [5, 5.41) is 8.79. The number of benzene rings is 1. The molecule has 5 nitrogen and oxygen atoms in total. The third-order valence-electron chi connectivity index (χ3n) is 4.94. The summed E-state index contributed by atoms with van der Waals surface area (Å²) < 4.78 is 5.40. The Labute approximate surface area is 137 Å². The highest BCUT2D eigenvalue weighted by Crippen LogP contribution is 2.29. The van der Waals surface area contributed by atoms with Crippen LogP contribution in [-0.2, 0) is 11.3 Å². The molecule has 2 bridgehead atoms. The number of ether oxygens (including phenoxy) is 1. The third-order valence-corrected chi connectivity index (χ3v) is 4.94. The SMILES string of the molecule is CC(=O)N1C[C@H]2CC[C@@H](C1)N(Cc1ccc(OCCO)cc1)C2. The second-order valence-electron chi connectivity index (χ2n) is 6.67. The Morgan fingerprint density at radius 3 is 2.70 bits per heavy atom. The fraction of sp³-hybridized carbons (Fsp3) is 0.611. The largest absolute Gasteiger partial charge is 0.491 e. The average Bonchev–Trinajstić information content (AvgIpc) is 2.86. The summed E-state index contributed by atoms with van der Waals surface area (Å²) in [4.78, 5) is 16.3. The Morgan fingerprint density at radius 1 is 1.22 bits per heavy atom. The highest BCUT2D eigenvalue weighted by molar-refractivity contribution is 5.73. The standard InChI is InChI=1S/C18H26N2O3/c1-14(22)19-11-16-2-5-17(13-19)20(12-16)10-15-3-6-18(7-4-15)23-9-8-21/h3-4,6-7,16-17,21H,2,5,8-13H2,1H3/t16-,17+/m1/s1. The van der Waals surface area contributed by atoms with E-state index in [1.54, 1.807) is 6.92 Å². The van der Waals surface area contributed by atoms with Crippen molar-refractivity contribution in [1.82, 2.24) is 9.80 Å². The van der Waals surface area contributed by atoms with E-state index < -0.39 is 0 Å². The zero-order valence-electron chi connectivity index (χ0n) is 13.8. The molecule has 0 aliphatic carbocycles. The van der Waals surface area contributed by atoms with Crippen LogP contribution in [0, 0.1) is 5.92 Å². The molecular weight excluding hydrogens is 292 g/mol. The van der Waals surface area contributed by atoms with Crippen LogP contribution in [0.25, 0.3) is 0 Å². The van der Waals surface area contributed by atoms with Gasteiger partial charge in [-0.2, -0.15) is 0 Å². The summed E-state index contributed by atoms with van der Waals surface area (Å²) in [6, 6.07) is 8.58. The van der Waals surface area contributed by atoms with Gasteiger partial charge in [0.25, 0.3) is 0 Å². The van der Waals surface area contributed by atoms with E-state index in [0.717, 1.165) is 31.9 Å². The van der Waals surface area contributed by atoms with Crippen LogP contribution in [0.1, 0.15) is 25.3 Å². The number of amides is 1. The van der Waals surface area contributed by atoms with E-state index >= 15 is 0 Å². The maximum absolute atomic E-state index is 11.7. The van der Waals surface area contributed by atoms with Crippen LogP contribution in [0.4, 0.5) is 0 Å². The van der Waals surface area contributed by atoms with Gasteiger partial charge in [-0.25, -0.2) is 0 Å². The number of aliphatic hydroxyl groups excluding tert-OH is 1. The number of fused-ring (bicyclic) bond motifs is 4. The predicted molar refractivity (Wildman–Crippen MR) is 88.2 cm³/mol. The fourth-order valence-electron chi connectivity index (χ4n) is 3.72. The van der Waals surface area contributed by atoms with Gasteiger partial charge in [0.2, 0.25) is 5.91 Å². The number of carbonyl (C=O) groups is 1. The van der Waals surface area contributed by atoms with Crippen molar-refractivity contribution < 1.29 is 14.6 Å². The number of carbonyl (C=O) groups excluding carboxylic acids is 1. The molecule has 126 valence electrons. The fourth-order valence-corrected chi connectivity index (χ4v) is 3.72. The van der Waals surface area contributed by atoms with Gasteiger partial charge in [0.05, 0.1) is 6.61 Å². The molecule has 2 atom stereocenters.